The fraction of sp³-hybridized carbons (Fsp3) is 0.909. The van der Waals surface area contributed by atoms with Gasteiger partial charge in [0.15, 0.2) is 0 Å². The molecule has 0 aliphatic rings. The van der Waals surface area contributed by atoms with E-state index < -0.39 is 0 Å². The normalized spacial score (nSPS) is 10.8. The lowest BCUT2D eigenvalue weighted by Crippen LogP contribution is -2.11. The Balaban J connectivity index is 3.31. The summed E-state index contributed by atoms with van der Waals surface area (Å²) in [5.41, 5.74) is 0. The molecule has 166 valence electrons. The van der Waals surface area contributed by atoms with Crippen molar-refractivity contribution >= 4 is 35.1 Å². The first-order valence-electron chi connectivity index (χ1n) is 11.1. The van der Waals surface area contributed by atoms with Crippen molar-refractivity contribution in [2.45, 2.75) is 103 Å². The van der Waals surface area contributed by atoms with Gasteiger partial charge in [0.2, 0.25) is 0 Å². The zero-order valence-electron chi connectivity index (χ0n) is 17.5. The van der Waals surface area contributed by atoms with Gasteiger partial charge in [-0.15, -0.1) is 23.2 Å². The summed E-state index contributed by atoms with van der Waals surface area (Å²) in [6.07, 6.45) is 16.0. The molecule has 0 heterocycles. The topological polar surface area (TPSA) is 52.6 Å². The van der Waals surface area contributed by atoms with Crippen molar-refractivity contribution in [1.82, 2.24) is 0 Å². The lowest BCUT2D eigenvalue weighted by atomic mass is 10.1. The number of rotatable bonds is 21. The minimum Gasteiger partial charge on any atom is -0.466 e. The van der Waals surface area contributed by atoms with E-state index >= 15 is 0 Å². The van der Waals surface area contributed by atoms with Gasteiger partial charge in [0.25, 0.3) is 0 Å². The largest absolute Gasteiger partial charge is 0.466 e. The molecule has 0 atom stereocenters. The number of halogens is 2. The molecular formula is C22H40Cl2O4. The summed E-state index contributed by atoms with van der Waals surface area (Å²) in [4.78, 5) is 23.2. The molecule has 0 aromatic carbocycles. The SMILES string of the molecule is O=C(CCC(=O)OCCCCCCCCCCCl)OCCCCCCCCCl. The number of alkyl halides is 2. The molecule has 0 aliphatic heterocycles. The molecule has 0 aliphatic carbocycles. The van der Waals surface area contributed by atoms with Crippen molar-refractivity contribution in [1.29, 1.82) is 0 Å². The summed E-state index contributed by atoms with van der Waals surface area (Å²) < 4.78 is 10.3. The molecular weight excluding hydrogens is 399 g/mol. The van der Waals surface area contributed by atoms with E-state index in [4.69, 9.17) is 32.7 Å². The Labute approximate surface area is 182 Å². The summed E-state index contributed by atoms with van der Waals surface area (Å²) in [5, 5.41) is 0. The van der Waals surface area contributed by atoms with E-state index in [1.165, 1.54) is 44.9 Å². The number of hydrogen-bond donors (Lipinski definition) is 0. The third kappa shape index (κ3) is 21.8. The van der Waals surface area contributed by atoms with Crippen LogP contribution < -0.4 is 0 Å². The van der Waals surface area contributed by atoms with E-state index in [0.29, 0.717) is 13.2 Å². The van der Waals surface area contributed by atoms with Crippen molar-refractivity contribution < 1.29 is 19.1 Å². The van der Waals surface area contributed by atoms with Gasteiger partial charge < -0.3 is 9.47 Å². The predicted molar refractivity (Wildman–Crippen MR) is 117 cm³/mol. The van der Waals surface area contributed by atoms with Crippen molar-refractivity contribution in [2.24, 2.45) is 0 Å². The summed E-state index contributed by atoms with van der Waals surface area (Å²) in [5.74, 6) is 0.875. The van der Waals surface area contributed by atoms with E-state index in [1.54, 1.807) is 0 Å². The van der Waals surface area contributed by atoms with Crippen LogP contribution in [0.1, 0.15) is 103 Å². The van der Waals surface area contributed by atoms with Crippen LogP contribution in [0.25, 0.3) is 0 Å². The minimum absolute atomic E-state index is 0.108. The summed E-state index contributed by atoms with van der Waals surface area (Å²) in [7, 11) is 0. The Kier molecular flexibility index (Phi) is 22.4. The van der Waals surface area contributed by atoms with Gasteiger partial charge in [-0.1, -0.05) is 64.2 Å². The highest BCUT2D eigenvalue weighted by molar-refractivity contribution is 6.18. The Hall–Kier alpha value is -0.480. The van der Waals surface area contributed by atoms with E-state index in [-0.39, 0.29) is 24.8 Å². The lowest BCUT2D eigenvalue weighted by Gasteiger charge is -2.06. The first-order chi connectivity index (χ1) is 13.7. The van der Waals surface area contributed by atoms with Gasteiger partial charge in [-0.05, 0) is 25.7 Å². The first kappa shape index (κ1) is 27.5. The number of ether oxygens (including phenoxy) is 2. The maximum atomic E-state index is 11.6. The van der Waals surface area contributed by atoms with Gasteiger partial charge in [-0.3, -0.25) is 9.59 Å². The second-order valence-corrected chi connectivity index (χ2v) is 8.02. The van der Waals surface area contributed by atoms with Gasteiger partial charge in [-0.2, -0.15) is 0 Å². The highest BCUT2D eigenvalue weighted by atomic mass is 35.5. The molecule has 0 unspecified atom stereocenters. The average Bonchev–Trinajstić information content (AvgIpc) is 2.69. The lowest BCUT2D eigenvalue weighted by molar-refractivity contribution is -0.150. The molecule has 4 nitrogen and oxygen atoms in total. The zero-order valence-corrected chi connectivity index (χ0v) is 19.0. The molecule has 0 aromatic rings. The molecule has 0 saturated carbocycles. The van der Waals surface area contributed by atoms with Gasteiger partial charge in [0.1, 0.15) is 0 Å². The van der Waals surface area contributed by atoms with E-state index in [1.807, 2.05) is 0 Å². The first-order valence-corrected chi connectivity index (χ1v) is 12.2. The van der Waals surface area contributed by atoms with Gasteiger partial charge in [0.05, 0.1) is 26.1 Å². The maximum absolute atomic E-state index is 11.6. The van der Waals surface area contributed by atoms with Crippen LogP contribution in [0, 0.1) is 0 Å². The molecule has 0 saturated heterocycles. The van der Waals surface area contributed by atoms with Crippen molar-refractivity contribution in [3.05, 3.63) is 0 Å². The van der Waals surface area contributed by atoms with Crippen molar-refractivity contribution in [2.75, 3.05) is 25.0 Å². The van der Waals surface area contributed by atoms with Crippen LogP contribution in [0.4, 0.5) is 0 Å². The molecule has 0 radical (unpaired) electrons. The molecule has 28 heavy (non-hydrogen) atoms. The molecule has 0 fully saturated rings. The fourth-order valence-electron chi connectivity index (χ4n) is 2.88. The van der Waals surface area contributed by atoms with Crippen LogP contribution in [0.5, 0.6) is 0 Å². The summed E-state index contributed by atoms with van der Waals surface area (Å²) in [6.45, 7) is 0.888. The van der Waals surface area contributed by atoms with Gasteiger partial charge in [0, 0.05) is 11.8 Å². The van der Waals surface area contributed by atoms with E-state index in [2.05, 4.69) is 0 Å². The van der Waals surface area contributed by atoms with Crippen LogP contribution in [0.15, 0.2) is 0 Å². The van der Waals surface area contributed by atoms with E-state index in [9.17, 15) is 9.59 Å². The Morgan fingerprint density at radius 1 is 0.464 bits per heavy atom. The van der Waals surface area contributed by atoms with Crippen LogP contribution in [0.3, 0.4) is 0 Å². The number of carbonyl (C=O) groups is 2. The van der Waals surface area contributed by atoms with E-state index in [0.717, 1.165) is 56.7 Å². The van der Waals surface area contributed by atoms with Crippen LogP contribution >= 0.6 is 23.2 Å². The molecule has 0 amide bonds. The highest BCUT2D eigenvalue weighted by Crippen LogP contribution is 2.09. The van der Waals surface area contributed by atoms with Crippen molar-refractivity contribution in [3.8, 4) is 0 Å². The third-order valence-electron chi connectivity index (χ3n) is 4.62. The quantitative estimate of drug-likeness (QED) is 0.112. The second kappa shape index (κ2) is 22.8. The molecule has 6 heteroatoms. The van der Waals surface area contributed by atoms with Gasteiger partial charge in [-0.25, -0.2) is 0 Å². The number of unbranched alkanes of at least 4 members (excludes halogenated alkanes) is 12. The predicted octanol–water partition coefficient (Wildman–Crippen LogP) is 6.79. The van der Waals surface area contributed by atoms with Gasteiger partial charge >= 0.3 is 11.9 Å². The Bertz CT molecular complexity index is 364. The fourth-order valence-corrected chi connectivity index (χ4v) is 3.26. The Morgan fingerprint density at radius 3 is 1.07 bits per heavy atom. The summed E-state index contributed by atoms with van der Waals surface area (Å²) in [6, 6.07) is 0. The maximum Gasteiger partial charge on any atom is 0.306 e. The molecule has 0 rings (SSSR count). The molecule has 0 N–H and O–H groups in total. The monoisotopic (exact) mass is 438 g/mol. The minimum atomic E-state index is -0.312. The number of carbonyl (C=O) groups excluding carboxylic acids is 2. The smallest absolute Gasteiger partial charge is 0.306 e. The standard InChI is InChI=1S/C22H40Cl2O4/c23-17-11-7-3-1-2-5-9-13-19-27-21(25)15-16-22(26)28-20-14-10-6-4-8-12-18-24/h1-20H2. The van der Waals surface area contributed by atoms with Crippen molar-refractivity contribution in [3.63, 3.8) is 0 Å². The summed E-state index contributed by atoms with van der Waals surface area (Å²) >= 11 is 11.3. The molecule has 0 bridgehead atoms. The van der Waals surface area contributed by atoms with Crippen LogP contribution in [-0.4, -0.2) is 36.9 Å². The van der Waals surface area contributed by atoms with Crippen LogP contribution in [-0.2, 0) is 19.1 Å². The Morgan fingerprint density at radius 2 is 0.750 bits per heavy atom. The zero-order chi connectivity index (χ0) is 20.7. The molecule has 0 aromatic heterocycles. The molecule has 0 spiro atoms. The van der Waals surface area contributed by atoms with Crippen LogP contribution in [0.2, 0.25) is 0 Å². The second-order valence-electron chi connectivity index (χ2n) is 7.27. The highest BCUT2D eigenvalue weighted by Gasteiger charge is 2.09. The third-order valence-corrected chi connectivity index (χ3v) is 5.15. The average molecular weight is 439 g/mol. The number of hydrogen-bond acceptors (Lipinski definition) is 4. The number of esters is 2.